The van der Waals surface area contributed by atoms with Gasteiger partial charge in [0.1, 0.15) is 11.4 Å². The summed E-state index contributed by atoms with van der Waals surface area (Å²) in [7, 11) is 0. The summed E-state index contributed by atoms with van der Waals surface area (Å²) in [6.45, 7) is 0.678. The molecule has 1 heterocycles. The minimum Gasteiger partial charge on any atom is -0.493 e. The molecule has 1 aliphatic heterocycles. The topological polar surface area (TPSA) is 46.5 Å². The molecule has 0 radical (unpaired) electrons. The molecule has 0 spiro atoms. The summed E-state index contributed by atoms with van der Waals surface area (Å²) in [5.41, 5.74) is 0.941. The SMILES string of the molecule is O=C(Cc1cc(Br)cc2c1OCC2)C1(O)CCCC1. The molecule has 1 aliphatic carbocycles. The lowest BCUT2D eigenvalue weighted by atomic mass is 9.91. The molecule has 4 heteroatoms. The second kappa shape index (κ2) is 4.91. The van der Waals surface area contributed by atoms with Gasteiger partial charge in [0.25, 0.3) is 0 Å². The third-order valence-corrected chi connectivity index (χ3v) is 4.58. The third kappa shape index (κ3) is 2.43. The molecular formula is C15H17BrO3. The van der Waals surface area contributed by atoms with Crippen LogP contribution in [0.5, 0.6) is 5.75 Å². The number of benzene rings is 1. The number of hydrogen-bond donors (Lipinski definition) is 1. The van der Waals surface area contributed by atoms with Crippen LogP contribution in [-0.4, -0.2) is 23.1 Å². The van der Waals surface area contributed by atoms with Gasteiger partial charge in [-0.15, -0.1) is 0 Å². The van der Waals surface area contributed by atoms with Gasteiger partial charge in [-0.3, -0.25) is 4.79 Å². The number of carbonyl (C=O) groups excluding carboxylic acids is 1. The zero-order chi connectivity index (χ0) is 13.5. The average Bonchev–Trinajstić information content (AvgIpc) is 2.98. The summed E-state index contributed by atoms with van der Waals surface area (Å²) in [4.78, 5) is 12.3. The number of rotatable bonds is 3. The molecule has 2 aliphatic rings. The van der Waals surface area contributed by atoms with Crippen LogP contribution in [0.1, 0.15) is 36.8 Å². The number of halogens is 1. The highest BCUT2D eigenvalue weighted by atomic mass is 79.9. The van der Waals surface area contributed by atoms with Crippen LogP contribution in [0.4, 0.5) is 0 Å². The minimum atomic E-state index is -1.10. The largest absolute Gasteiger partial charge is 0.493 e. The average molecular weight is 325 g/mol. The lowest BCUT2D eigenvalue weighted by molar-refractivity contribution is -0.136. The van der Waals surface area contributed by atoms with Gasteiger partial charge in [-0.05, 0) is 43.4 Å². The Labute approximate surface area is 121 Å². The maximum Gasteiger partial charge on any atom is 0.168 e. The van der Waals surface area contributed by atoms with Crippen molar-refractivity contribution < 1.29 is 14.6 Å². The van der Waals surface area contributed by atoms with Gasteiger partial charge in [0.05, 0.1) is 6.61 Å². The zero-order valence-electron chi connectivity index (χ0n) is 10.7. The molecule has 3 nitrogen and oxygen atoms in total. The van der Waals surface area contributed by atoms with Crippen molar-refractivity contribution in [1.29, 1.82) is 0 Å². The van der Waals surface area contributed by atoms with E-state index in [0.717, 1.165) is 40.6 Å². The number of ketones is 1. The van der Waals surface area contributed by atoms with E-state index in [1.54, 1.807) is 0 Å². The molecule has 1 saturated carbocycles. The van der Waals surface area contributed by atoms with E-state index < -0.39 is 5.60 Å². The van der Waals surface area contributed by atoms with Crippen LogP contribution in [0.25, 0.3) is 0 Å². The molecule has 19 heavy (non-hydrogen) atoms. The Morgan fingerprint density at radius 2 is 2.11 bits per heavy atom. The molecule has 0 saturated heterocycles. The Bertz CT molecular complexity index is 518. The van der Waals surface area contributed by atoms with E-state index in [2.05, 4.69) is 15.9 Å². The van der Waals surface area contributed by atoms with E-state index >= 15 is 0 Å². The van der Waals surface area contributed by atoms with E-state index in [9.17, 15) is 9.90 Å². The monoisotopic (exact) mass is 324 g/mol. The molecule has 0 amide bonds. The standard InChI is InChI=1S/C15H17BrO3/c16-12-7-10-3-6-19-14(10)11(8-12)9-13(17)15(18)4-1-2-5-15/h7-8,18H,1-6,9H2. The maximum absolute atomic E-state index is 12.3. The highest BCUT2D eigenvalue weighted by Gasteiger charge is 2.38. The van der Waals surface area contributed by atoms with Crippen LogP contribution in [0.3, 0.4) is 0 Å². The maximum atomic E-state index is 12.3. The molecule has 1 aromatic carbocycles. The third-order valence-electron chi connectivity index (χ3n) is 4.13. The van der Waals surface area contributed by atoms with Gasteiger partial charge in [-0.1, -0.05) is 15.9 Å². The van der Waals surface area contributed by atoms with Crippen LogP contribution in [0.2, 0.25) is 0 Å². The van der Waals surface area contributed by atoms with Gasteiger partial charge in [0.15, 0.2) is 5.78 Å². The first-order valence-electron chi connectivity index (χ1n) is 6.78. The van der Waals surface area contributed by atoms with Crippen molar-refractivity contribution >= 4 is 21.7 Å². The molecular weight excluding hydrogens is 308 g/mol. The van der Waals surface area contributed by atoms with Crippen molar-refractivity contribution in [2.24, 2.45) is 0 Å². The summed E-state index contributed by atoms with van der Waals surface area (Å²) in [5.74, 6) is 0.777. The Kier molecular flexibility index (Phi) is 3.39. The van der Waals surface area contributed by atoms with Crippen molar-refractivity contribution in [1.82, 2.24) is 0 Å². The first kappa shape index (κ1) is 13.1. The van der Waals surface area contributed by atoms with E-state index in [1.165, 1.54) is 0 Å². The molecule has 102 valence electrons. The van der Waals surface area contributed by atoms with Crippen molar-refractivity contribution in [3.05, 3.63) is 27.7 Å². The summed E-state index contributed by atoms with van der Waals surface area (Å²) >= 11 is 3.47. The lowest BCUT2D eigenvalue weighted by Crippen LogP contribution is -2.36. The van der Waals surface area contributed by atoms with Crippen molar-refractivity contribution in [3.8, 4) is 5.75 Å². The normalized spacial score (nSPS) is 20.1. The fraction of sp³-hybridized carbons (Fsp3) is 0.533. The highest BCUT2D eigenvalue weighted by Crippen LogP contribution is 2.36. The fourth-order valence-electron chi connectivity index (χ4n) is 3.05. The first-order valence-corrected chi connectivity index (χ1v) is 7.57. The summed E-state index contributed by atoms with van der Waals surface area (Å²) in [5, 5.41) is 10.3. The Morgan fingerprint density at radius 1 is 1.37 bits per heavy atom. The van der Waals surface area contributed by atoms with Gasteiger partial charge in [-0.25, -0.2) is 0 Å². The molecule has 1 fully saturated rings. The molecule has 1 aromatic rings. The number of carbonyl (C=O) groups is 1. The second-order valence-electron chi connectivity index (χ2n) is 5.49. The van der Waals surface area contributed by atoms with Gasteiger partial charge < -0.3 is 9.84 Å². The Balaban J connectivity index is 1.86. The van der Waals surface area contributed by atoms with Gasteiger partial charge in [0, 0.05) is 22.9 Å². The number of hydrogen-bond acceptors (Lipinski definition) is 3. The van der Waals surface area contributed by atoms with Crippen LogP contribution >= 0.6 is 15.9 Å². The highest BCUT2D eigenvalue weighted by molar-refractivity contribution is 9.10. The lowest BCUT2D eigenvalue weighted by Gasteiger charge is -2.21. The predicted molar refractivity (Wildman–Crippen MR) is 75.5 cm³/mol. The van der Waals surface area contributed by atoms with E-state index in [1.807, 2.05) is 12.1 Å². The van der Waals surface area contributed by atoms with Gasteiger partial charge in [0.2, 0.25) is 0 Å². The van der Waals surface area contributed by atoms with Gasteiger partial charge >= 0.3 is 0 Å². The molecule has 0 atom stereocenters. The minimum absolute atomic E-state index is 0.0687. The van der Waals surface area contributed by atoms with Crippen LogP contribution < -0.4 is 4.74 Å². The zero-order valence-corrected chi connectivity index (χ0v) is 12.3. The Morgan fingerprint density at radius 3 is 2.84 bits per heavy atom. The van der Waals surface area contributed by atoms with Crippen LogP contribution in [0.15, 0.2) is 16.6 Å². The van der Waals surface area contributed by atoms with Gasteiger partial charge in [-0.2, -0.15) is 0 Å². The number of fused-ring (bicyclic) bond motifs is 1. The van der Waals surface area contributed by atoms with E-state index in [0.29, 0.717) is 19.4 Å². The summed E-state index contributed by atoms with van der Waals surface area (Å²) in [6, 6.07) is 3.97. The second-order valence-corrected chi connectivity index (χ2v) is 6.41. The molecule has 0 unspecified atom stereocenters. The predicted octanol–water partition coefficient (Wildman–Crippen LogP) is 2.80. The molecule has 3 rings (SSSR count). The Hall–Kier alpha value is -0.870. The van der Waals surface area contributed by atoms with Crippen LogP contribution in [-0.2, 0) is 17.6 Å². The summed E-state index contributed by atoms with van der Waals surface area (Å²) in [6.07, 6.45) is 4.23. The molecule has 0 bridgehead atoms. The summed E-state index contributed by atoms with van der Waals surface area (Å²) < 4.78 is 6.60. The fourth-order valence-corrected chi connectivity index (χ4v) is 3.61. The van der Waals surface area contributed by atoms with Crippen LogP contribution in [0, 0.1) is 0 Å². The quantitative estimate of drug-likeness (QED) is 0.930. The van der Waals surface area contributed by atoms with Crippen molar-refractivity contribution in [2.45, 2.75) is 44.1 Å². The van der Waals surface area contributed by atoms with E-state index in [4.69, 9.17) is 4.74 Å². The van der Waals surface area contributed by atoms with Crippen molar-refractivity contribution in [3.63, 3.8) is 0 Å². The number of aliphatic hydroxyl groups is 1. The number of Topliss-reactive ketones (excluding diaryl/α,β-unsaturated/α-hetero) is 1. The van der Waals surface area contributed by atoms with E-state index in [-0.39, 0.29) is 12.2 Å². The smallest absolute Gasteiger partial charge is 0.168 e. The molecule has 1 N–H and O–H groups in total. The number of ether oxygens (including phenoxy) is 1. The first-order chi connectivity index (χ1) is 9.08. The van der Waals surface area contributed by atoms with Crippen molar-refractivity contribution in [2.75, 3.05) is 6.61 Å². The molecule has 0 aromatic heterocycles.